The molecule has 0 N–H and O–H groups in total. The summed E-state index contributed by atoms with van der Waals surface area (Å²) in [6, 6.07) is 10.2. The summed E-state index contributed by atoms with van der Waals surface area (Å²) < 4.78 is 0. The average Bonchev–Trinajstić information content (AvgIpc) is 2.83. The molecule has 0 aliphatic carbocycles. The Balaban J connectivity index is 1.63. The van der Waals surface area contributed by atoms with E-state index in [9.17, 15) is 4.79 Å². The maximum Gasteiger partial charge on any atom is 0.325 e. The third kappa shape index (κ3) is 4.19. The van der Waals surface area contributed by atoms with E-state index in [0.29, 0.717) is 6.42 Å². The second-order valence-electron chi connectivity index (χ2n) is 4.44. The minimum atomic E-state index is -0.0946. The zero-order chi connectivity index (χ0) is 11.9. The van der Waals surface area contributed by atoms with Gasteiger partial charge >= 0.3 is 5.97 Å². The van der Waals surface area contributed by atoms with E-state index in [0.717, 1.165) is 38.8 Å². The Labute approximate surface area is 102 Å². The molecule has 1 aliphatic heterocycles. The predicted molar refractivity (Wildman–Crippen MR) is 66.3 cm³/mol. The molecule has 0 atom stereocenters. The van der Waals surface area contributed by atoms with Crippen molar-refractivity contribution in [2.75, 3.05) is 13.1 Å². The van der Waals surface area contributed by atoms with Crippen molar-refractivity contribution in [3.8, 4) is 0 Å². The average molecular weight is 233 g/mol. The fourth-order valence-electron chi connectivity index (χ4n) is 2.05. The molecule has 17 heavy (non-hydrogen) atoms. The highest BCUT2D eigenvalue weighted by atomic mass is 16.7. The van der Waals surface area contributed by atoms with Crippen LogP contribution in [0, 0.1) is 0 Å². The lowest BCUT2D eigenvalue weighted by atomic mass is 10.1. The number of carbonyl (C=O) groups excluding carboxylic acids is 1. The smallest absolute Gasteiger partial charge is 0.325 e. The maximum absolute atomic E-state index is 11.5. The molecular formula is C14H19NO2. The monoisotopic (exact) mass is 233 g/mol. The van der Waals surface area contributed by atoms with E-state index < -0.39 is 0 Å². The van der Waals surface area contributed by atoms with Gasteiger partial charge in [-0.05, 0) is 31.2 Å². The molecule has 0 saturated carbocycles. The van der Waals surface area contributed by atoms with Crippen LogP contribution < -0.4 is 0 Å². The van der Waals surface area contributed by atoms with Gasteiger partial charge in [-0.3, -0.25) is 4.79 Å². The zero-order valence-corrected chi connectivity index (χ0v) is 10.1. The highest BCUT2D eigenvalue weighted by Gasteiger charge is 2.15. The van der Waals surface area contributed by atoms with Crippen molar-refractivity contribution >= 4 is 5.97 Å². The van der Waals surface area contributed by atoms with Crippen molar-refractivity contribution < 1.29 is 9.63 Å². The first-order valence-corrected chi connectivity index (χ1v) is 6.34. The number of hydrogen-bond donors (Lipinski definition) is 0. The third-order valence-corrected chi connectivity index (χ3v) is 2.99. The molecule has 1 heterocycles. The van der Waals surface area contributed by atoms with Crippen molar-refractivity contribution in [2.45, 2.75) is 32.1 Å². The number of carbonyl (C=O) groups is 1. The van der Waals surface area contributed by atoms with Crippen LogP contribution in [0.5, 0.6) is 0 Å². The standard InChI is InChI=1S/C14H19NO2/c16-14(17-15-11-4-5-12-15)10-6-9-13-7-2-1-3-8-13/h1-3,7-8H,4-6,9-12H2. The maximum atomic E-state index is 11.5. The van der Waals surface area contributed by atoms with Crippen molar-refractivity contribution in [3.63, 3.8) is 0 Å². The summed E-state index contributed by atoms with van der Waals surface area (Å²) in [6.45, 7) is 1.79. The summed E-state index contributed by atoms with van der Waals surface area (Å²) in [5, 5.41) is 1.78. The second-order valence-corrected chi connectivity index (χ2v) is 4.44. The first kappa shape index (κ1) is 12.1. The molecule has 0 radical (unpaired) electrons. The second kappa shape index (κ2) is 6.40. The van der Waals surface area contributed by atoms with Gasteiger partial charge in [0.25, 0.3) is 0 Å². The number of aryl methyl sites for hydroxylation is 1. The van der Waals surface area contributed by atoms with E-state index in [1.165, 1.54) is 5.56 Å². The van der Waals surface area contributed by atoms with E-state index in [1.54, 1.807) is 5.06 Å². The van der Waals surface area contributed by atoms with Crippen LogP contribution in [0.25, 0.3) is 0 Å². The van der Waals surface area contributed by atoms with Crippen molar-refractivity contribution in [1.82, 2.24) is 5.06 Å². The molecule has 0 unspecified atom stereocenters. The molecule has 3 nitrogen and oxygen atoms in total. The van der Waals surface area contributed by atoms with Crippen LogP contribution in [0.2, 0.25) is 0 Å². The van der Waals surface area contributed by atoms with Crippen LogP contribution in [0.1, 0.15) is 31.2 Å². The van der Waals surface area contributed by atoms with E-state index in [-0.39, 0.29) is 5.97 Å². The SMILES string of the molecule is O=C(CCCc1ccccc1)ON1CCCC1. The zero-order valence-electron chi connectivity index (χ0n) is 10.1. The Morgan fingerprint density at radius 2 is 1.88 bits per heavy atom. The van der Waals surface area contributed by atoms with E-state index in [2.05, 4.69) is 12.1 Å². The molecule has 1 aromatic carbocycles. The van der Waals surface area contributed by atoms with Crippen LogP contribution in [-0.4, -0.2) is 24.1 Å². The molecule has 1 fully saturated rings. The molecule has 1 aromatic rings. The van der Waals surface area contributed by atoms with E-state index >= 15 is 0 Å². The highest BCUT2D eigenvalue weighted by Crippen LogP contribution is 2.10. The van der Waals surface area contributed by atoms with Gasteiger partial charge in [-0.1, -0.05) is 30.3 Å². The number of nitrogens with zero attached hydrogens (tertiary/aromatic N) is 1. The number of rotatable bonds is 5. The van der Waals surface area contributed by atoms with Gasteiger partial charge in [-0.15, -0.1) is 5.06 Å². The topological polar surface area (TPSA) is 29.5 Å². The number of hydroxylamine groups is 2. The Morgan fingerprint density at radius 1 is 1.18 bits per heavy atom. The van der Waals surface area contributed by atoms with Crippen LogP contribution >= 0.6 is 0 Å². The molecule has 1 saturated heterocycles. The molecule has 0 spiro atoms. The summed E-state index contributed by atoms with van der Waals surface area (Å²) in [4.78, 5) is 16.8. The normalized spacial score (nSPS) is 16.0. The minimum absolute atomic E-state index is 0.0946. The fraction of sp³-hybridized carbons (Fsp3) is 0.500. The molecule has 3 heteroatoms. The summed E-state index contributed by atoms with van der Waals surface area (Å²) in [5.74, 6) is -0.0946. The molecule has 2 rings (SSSR count). The predicted octanol–water partition coefficient (Wildman–Crippen LogP) is 2.56. The lowest BCUT2D eigenvalue weighted by molar-refractivity contribution is -0.185. The van der Waals surface area contributed by atoms with Gasteiger partial charge in [0.05, 0.1) is 0 Å². The first-order chi connectivity index (χ1) is 8.34. The van der Waals surface area contributed by atoms with Crippen LogP contribution in [0.15, 0.2) is 30.3 Å². The Hall–Kier alpha value is -1.35. The van der Waals surface area contributed by atoms with Gasteiger partial charge in [0.2, 0.25) is 0 Å². The van der Waals surface area contributed by atoms with Crippen LogP contribution in [0.3, 0.4) is 0 Å². The molecular weight excluding hydrogens is 214 g/mol. The lowest BCUT2D eigenvalue weighted by Gasteiger charge is -2.13. The Bertz CT molecular complexity index is 344. The molecule has 1 aliphatic rings. The van der Waals surface area contributed by atoms with Crippen LogP contribution in [-0.2, 0) is 16.1 Å². The summed E-state index contributed by atoms with van der Waals surface area (Å²) >= 11 is 0. The van der Waals surface area contributed by atoms with Crippen LogP contribution in [0.4, 0.5) is 0 Å². The lowest BCUT2D eigenvalue weighted by Crippen LogP contribution is -2.23. The van der Waals surface area contributed by atoms with E-state index in [1.807, 2.05) is 18.2 Å². The van der Waals surface area contributed by atoms with Crippen molar-refractivity contribution in [2.24, 2.45) is 0 Å². The van der Waals surface area contributed by atoms with Gasteiger partial charge in [-0.2, -0.15) is 0 Å². The van der Waals surface area contributed by atoms with Gasteiger partial charge in [0.1, 0.15) is 0 Å². The van der Waals surface area contributed by atoms with Gasteiger partial charge < -0.3 is 4.84 Å². The quantitative estimate of drug-likeness (QED) is 0.782. The van der Waals surface area contributed by atoms with Crippen molar-refractivity contribution in [3.05, 3.63) is 35.9 Å². The molecule has 0 bridgehead atoms. The molecule has 0 aromatic heterocycles. The Morgan fingerprint density at radius 3 is 2.59 bits per heavy atom. The fourth-order valence-corrected chi connectivity index (χ4v) is 2.05. The summed E-state index contributed by atoms with van der Waals surface area (Å²) in [7, 11) is 0. The van der Waals surface area contributed by atoms with E-state index in [4.69, 9.17) is 4.84 Å². The molecule has 0 amide bonds. The first-order valence-electron chi connectivity index (χ1n) is 6.34. The largest absolute Gasteiger partial charge is 0.368 e. The highest BCUT2D eigenvalue weighted by molar-refractivity contribution is 5.69. The van der Waals surface area contributed by atoms with Crippen molar-refractivity contribution in [1.29, 1.82) is 0 Å². The number of benzene rings is 1. The Kier molecular flexibility index (Phi) is 4.56. The molecule has 92 valence electrons. The van der Waals surface area contributed by atoms with Gasteiger partial charge in [-0.25, -0.2) is 0 Å². The minimum Gasteiger partial charge on any atom is -0.368 e. The van der Waals surface area contributed by atoms with Gasteiger partial charge in [0, 0.05) is 19.5 Å². The third-order valence-electron chi connectivity index (χ3n) is 2.99. The number of hydrogen-bond acceptors (Lipinski definition) is 3. The summed E-state index contributed by atoms with van der Waals surface area (Å²) in [5.41, 5.74) is 1.28. The van der Waals surface area contributed by atoms with Gasteiger partial charge in [0.15, 0.2) is 0 Å². The summed E-state index contributed by atoms with van der Waals surface area (Å²) in [6.07, 6.45) is 4.58.